The van der Waals surface area contributed by atoms with Gasteiger partial charge in [-0.2, -0.15) is 0 Å². The van der Waals surface area contributed by atoms with Crippen LogP contribution in [-0.4, -0.2) is 18.4 Å². The Morgan fingerprint density at radius 2 is 2.31 bits per heavy atom. The lowest BCUT2D eigenvalue weighted by atomic mass is 9.93. The Morgan fingerprint density at radius 1 is 1.50 bits per heavy atom. The van der Waals surface area contributed by atoms with Crippen molar-refractivity contribution in [1.82, 2.24) is 5.32 Å². The van der Waals surface area contributed by atoms with E-state index in [0.29, 0.717) is 6.04 Å². The van der Waals surface area contributed by atoms with Crippen molar-refractivity contribution in [2.45, 2.75) is 31.8 Å². The van der Waals surface area contributed by atoms with E-state index in [9.17, 15) is 4.79 Å². The molecule has 1 aliphatic heterocycles. The SMILES string of the molecule is CC(=O)c1cccc(C2CC(N)CCN2)c1. The van der Waals surface area contributed by atoms with Crippen molar-refractivity contribution in [3.05, 3.63) is 35.4 Å². The van der Waals surface area contributed by atoms with Gasteiger partial charge in [-0.05, 0) is 37.9 Å². The summed E-state index contributed by atoms with van der Waals surface area (Å²) < 4.78 is 0. The van der Waals surface area contributed by atoms with Crippen LogP contribution in [0.15, 0.2) is 24.3 Å². The van der Waals surface area contributed by atoms with E-state index in [2.05, 4.69) is 11.4 Å². The summed E-state index contributed by atoms with van der Waals surface area (Å²) in [5.74, 6) is 0.113. The topological polar surface area (TPSA) is 55.1 Å². The molecule has 2 unspecified atom stereocenters. The second-order valence-corrected chi connectivity index (χ2v) is 4.47. The van der Waals surface area contributed by atoms with Crippen LogP contribution in [0.25, 0.3) is 0 Å². The molecule has 1 saturated heterocycles. The van der Waals surface area contributed by atoms with Gasteiger partial charge >= 0.3 is 0 Å². The molecule has 3 nitrogen and oxygen atoms in total. The predicted molar refractivity (Wildman–Crippen MR) is 64.4 cm³/mol. The van der Waals surface area contributed by atoms with Gasteiger partial charge in [-0.15, -0.1) is 0 Å². The van der Waals surface area contributed by atoms with Crippen LogP contribution < -0.4 is 11.1 Å². The molecule has 3 heteroatoms. The molecule has 0 aliphatic carbocycles. The molecule has 16 heavy (non-hydrogen) atoms. The number of piperidine rings is 1. The zero-order valence-corrected chi connectivity index (χ0v) is 9.57. The molecular formula is C13H18N2O. The van der Waals surface area contributed by atoms with Crippen molar-refractivity contribution >= 4 is 5.78 Å². The van der Waals surface area contributed by atoms with Crippen molar-refractivity contribution in [1.29, 1.82) is 0 Å². The van der Waals surface area contributed by atoms with Crippen LogP contribution in [-0.2, 0) is 0 Å². The number of hydrogen-bond acceptors (Lipinski definition) is 3. The first-order chi connectivity index (χ1) is 7.66. The Morgan fingerprint density at radius 3 is 3.00 bits per heavy atom. The van der Waals surface area contributed by atoms with E-state index in [1.54, 1.807) is 6.92 Å². The van der Waals surface area contributed by atoms with Crippen LogP contribution in [0.2, 0.25) is 0 Å². The molecule has 86 valence electrons. The molecule has 0 radical (unpaired) electrons. The lowest BCUT2D eigenvalue weighted by Crippen LogP contribution is -2.38. The van der Waals surface area contributed by atoms with Crippen LogP contribution in [0.4, 0.5) is 0 Å². The Bertz CT molecular complexity index is 389. The first-order valence-electron chi connectivity index (χ1n) is 5.76. The Kier molecular flexibility index (Phi) is 3.36. The molecule has 1 fully saturated rings. The second kappa shape index (κ2) is 4.76. The Labute approximate surface area is 96.0 Å². The van der Waals surface area contributed by atoms with Crippen LogP contribution in [0.3, 0.4) is 0 Å². The standard InChI is InChI=1S/C13H18N2O/c1-9(16)10-3-2-4-11(7-10)13-8-12(14)5-6-15-13/h2-4,7,12-13,15H,5-6,8,14H2,1H3. The fourth-order valence-electron chi connectivity index (χ4n) is 2.18. The molecule has 2 rings (SSSR count). The quantitative estimate of drug-likeness (QED) is 0.742. The maximum atomic E-state index is 11.3. The van der Waals surface area contributed by atoms with Gasteiger partial charge in [0.05, 0.1) is 0 Å². The lowest BCUT2D eigenvalue weighted by Gasteiger charge is -2.28. The molecule has 1 heterocycles. The highest BCUT2D eigenvalue weighted by Gasteiger charge is 2.20. The van der Waals surface area contributed by atoms with Crippen LogP contribution >= 0.6 is 0 Å². The highest BCUT2D eigenvalue weighted by Crippen LogP contribution is 2.23. The fourth-order valence-corrected chi connectivity index (χ4v) is 2.18. The molecule has 0 saturated carbocycles. The normalized spacial score (nSPS) is 25.4. The van der Waals surface area contributed by atoms with Gasteiger partial charge in [0.25, 0.3) is 0 Å². The van der Waals surface area contributed by atoms with Gasteiger partial charge < -0.3 is 11.1 Å². The summed E-state index contributed by atoms with van der Waals surface area (Å²) in [6.45, 7) is 2.55. The molecule has 1 aromatic carbocycles. The average molecular weight is 218 g/mol. The van der Waals surface area contributed by atoms with Gasteiger partial charge in [0.1, 0.15) is 0 Å². The number of nitrogens with two attached hydrogens (primary N) is 1. The number of carbonyl (C=O) groups is 1. The molecule has 0 bridgehead atoms. The minimum atomic E-state index is 0.113. The van der Waals surface area contributed by atoms with Crippen molar-refractivity contribution in [2.24, 2.45) is 5.73 Å². The van der Waals surface area contributed by atoms with E-state index in [-0.39, 0.29) is 11.8 Å². The number of carbonyl (C=O) groups excluding carboxylic acids is 1. The minimum Gasteiger partial charge on any atom is -0.328 e. The summed E-state index contributed by atoms with van der Waals surface area (Å²) in [7, 11) is 0. The van der Waals surface area contributed by atoms with Gasteiger partial charge in [0.15, 0.2) is 5.78 Å². The highest BCUT2D eigenvalue weighted by molar-refractivity contribution is 5.94. The Hall–Kier alpha value is -1.19. The smallest absolute Gasteiger partial charge is 0.159 e. The number of rotatable bonds is 2. The van der Waals surface area contributed by atoms with E-state index in [1.165, 1.54) is 5.56 Å². The molecule has 3 N–H and O–H groups in total. The van der Waals surface area contributed by atoms with E-state index in [4.69, 9.17) is 5.73 Å². The summed E-state index contributed by atoms with van der Waals surface area (Å²) in [6.07, 6.45) is 1.98. The predicted octanol–water partition coefficient (Wildman–Crippen LogP) is 1.64. The third-order valence-corrected chi connectivity index (χ3v) is 3.14. The summed E-state index contributed by atoms with van der Waals surface area (Å²) in [5, 5.41) is 3.44. The largest absolute Gasteiger partial charge is 0.328 e. The van der Waals surface area contributed by atoms with Crippen molar-refractivity contribution in [3.8, 4) is 0 Å². The van der Waals surface area contributed by atoms with Crippen LogP contribution in [0.5, 0.6) is 0 Å². The second-order valence-electron chi connectivity index (χ2n) is 4.47. The molecule has 0 amide bonds. The molecular weight excluding hydrogens is 200 g/mol. The van der Waals surface area contributed by atoms with Gasteiger partial charge in [-0.3, -0.25) is 4.79 Å². The molecule has 2 atom stereocenters. The zero-order valence-electron chi connectivity index (χ0n) is 9.57. The average Bonchev–Trinajstić information content (AvgIpc) is 2.29. The first-order valence-corrected chi connectivity index (χ1v) is 5.76. The summed E-state index contributed by atoms with van der Waals surface area (Å²) in [5.41, 5.74) is 7.90. The number of ketones is 1. The van der Waals surface area contributed by atoms with E-state index < -0.39 is 0 Å². The van der Waals surface area contributed by atoms with Crippen molar-refractivity contribution in [3.63, 3.8) is 0 Å². The minimum absolute atomic E-state index is 0.113. The van der Waals surface area contributed by atoms with Gasteiger partial charge in [0.2, 0.25) is 0 Å². The summed E-state index contributed by atoms with van der Waals surface area (Å²) >= 11 is 0. The maximum absolute atomic E-state index is 11.3. The van der Waals surface area contributed by atoms with Gasteiger partial charge in [-0.1, -0.05) is 18.2 Å². The van der Waals surface area contributed by atoms with Crippen molar-refractivity contribution in [2.75, 3.05) is 6.54 Å². The van der Waals surface area contributed by atoms with Crippen molar-refractivity contribution < 1.29 is 4.79 Å². The number of hydrogen-bond donors (Lipinski definition) is 2. The molecule has 1 aromatic rings. The van der Waals surface area contributed by atoms with Gasteiger partial charge in [0, 0.05) is 17.6 Å². The fraction of sp³-hybridized carbons (Fsp3) is 0.462. The van der Waals surface area contributed by atoms with Gasteiger partial charge in [-0.25, -0.2) is 0 Å². The van der Waals surface area contributed by atoms with E-state index in [0.717, 1.165) is 24.9 Å². The zero-order chi connectivity index (χ0) is 11.5. The maximum Gasteiger partial charge on any atom is 0.159 e. The monoisotopic (exact) mass is 218 g/mol. The lowest BCUT2D eigenvalue weighted by molar-refractivity contribution is 0.101. The van der Waals surface area contributed by atoms with E-state index in [1.807, 2.05) is 18.2 Å². The first kappa shape index (κ1) is 11.3. The highest BCUT2D eigenvalue weighted by atomic mass is 16.1. The number of nitrogens with one attached hydrogen (secondary N) is 1. The van der Waals surface area contributed by atoms with Crippen LogP contribution in [0, 0.1) is 0 Å². The summed E-state index contributed by atoms with van der Waals surface area (Å²) in [4.78, 5) is 11.3. The third-order valence-electron chi connectivity index (χ3n) is 3.14. The van der Waals surface area contributed by atoms with E-state index >= 15 is 0 Å². The number of benzene rings is 1. The third kappa shape index (κ3) is 2.49. The Balaban J connectivity index is 2.19. The van der Waals surface area contributed by atoms with Crippen LogP contribution in [0.1, 0.15) is 41.7 Å². The molecule has 0 aromatic heterocycles. The molecule has 1 aliphatic rings. The molecule has 0 spiro atoms. The number of Topliss-reactive ketones (excluding diaryl/α,β-unsaturated/α-hetero) is 1. The summed E-state index contributed by atoms with van der Waals surface area (Å²) in [6, 6.07) is 8.39.